The summed E-state index contributed by atoms with van der Waals surface area (Å²) in [6.45, 7) is 5.31. The lowest BCUT2D eigenvalue weighted by atomic mass is 9.99. The number of allylic oxidation sites excluding steroid dienone is 1. The molecule has 0 aliphatic heterocycles. The average molecular weight is 288 g/mol. The van der Waals surface area contributed by atoms with Crippen molar-refractivity contribution < 1.29 is 14.6 Å². The molecule has 0 saturated heterocycles. The van der Waals surface area contributed by atoms with E-state index >= 15 is 0 Å². The van der Waals surface area contributed by atoms with Crippen molar-refractivity contribution in [1.29, 1.82) is 0 Å². The van der Waals surface area contributed by atoms with Crippen LogP contribution >= 0.6 is 36.7 Å². The van der Waals surface area contributed by atoms with Crippen molar-refractivity contribution in [3.8, 4) is 0 Å². The molecule has 17 heavy (non-hydrogen) atoms. The van der Waals surface area contributed by atoms with Crippen LogP contribution in [0.3, 0.4) is 0 Å². The third-order valence-corrected chi connectivity index (χ3v) is 3.29. The lowest BCUT2D eigenvalue weighted by Crippen LogP contribution is -2.30. The molecular formula is C11H12O3S3. The van der Waals surface area contributed by atoms with Gasteiger partial charge in [0, 0.05) is 11.3 Å². The Labute approximate surface area is 116 Å². The van der Waals surface area contributed by atoms with Crippen LogP contribution in [-0.2, 0) is 14.6 Å². The molecule has 6 heteroatoms. The summed E-state index contributed by atoms with van der Waals surface area (Å²) in [6, 6.07) is 0. The van der Waals surface area contributed by atoms with Crippen molar-refractivity contribution in [2.45, 2.75) is 32.8 Å². The van der Waals surface area contributed by atoms with Crippen LogP contribution < -0.4 is 0 Å². The van der Waals surface area contributed by atoms with Gasteiger partial charge in [-0.2, -0.15) is 4.89 Å². The largest absolute Gasteiger partial charge is 0.374 e. The zero-order valence-corrected chi connectivity index (χ0v) is 12.2. The topological polar surface area (TPSA) is 35.5 Å². The van der Waals surface area contributed by atoms with Crippen LogP contribution in [0, 0.1) is 0 Å². The highest BCUT2D eigenvalue weighted by Gasteiger charge is 2.27. The summed E-state index contributed by atoms with van der Waals surface area (Å²) in [4.78, 5) is 22.6. The molecule has 0 atom stereocenters. The van der Waals surface area contributed by atoms with E-state index in [1.54, 1.807) is 26.8 Å². The Hall–Kier alpha value is -0.560. The van der Waals surface area contributed by atoms with Gasteiger partial charge in [-0.05, 0) is 20.8 Å². The van der Waals surface area contributed by atoms with Crippen LogP contribution in [0.2, 0.25) is 0 Å². The molecular weight excluding hydrogens is 276 g/mol. The van der Waals surface area contributed by atoms with Gasteiger partial charge < -0.3 is 0 Å². The molecule has 0 spiro atoms. The first kappa shape index (κ1) is 14.5. The normalized spacial score (nSPS) is 16.9. The van der Waals surface area contributed by atoms with Gasteiger partial charge in [-0.15, -0.1) is 0 Å². The minimum atomic E-state index is -0.630. The lowest BCUT2D eigenvalue weighted by Gasteiger charge is -2.19. The molecule has 0 aromatic carbocycles. The second kappa shape index (κ2) is 5.39. The molecule has 0 amide bonds. The summed E-state index contributed by atoms with van der Waals surface area (Å²) in [5.74, 6) is -0.630. The molecule has 0 bridgehead atoms. The van der Waals surface area contributed by atoms with Gasteiger partial charge in [0.2, 0.25) is 0 Å². The third-order valence-electron chi connectivity index (χ3n) is 1.78. The standard InChI is InChI=1S/C11H12O3S3/c1-11(2,3)14-13-10(12)6-4-5-7(15)9(17)8(6)16/h4H,5H2,1-3H3. The third kappa shape index (κ3) is 3.99. The Bertz CT molecular complexity index is 430. The number of carbonyl (C=O) groups excluding carboxylic acids is 1. The van der Waals surface area contributed by atoms with E-state index in [2.05, 4.69) is 0 Å². The first-order valence-corrected chi connectivity index (χ1v) is 6.17. The fourth-order valence-electron chi connectivity index (χ4n) is 1.01. The van der Waals surface area contributed by atoms with Crippen LogP contribution in [0.1, 0.15) is 27.2 Å². The molecule has 0 aromatic rings. The van der Waals surface area contributed by atoms with Gasteiger partial charge in [0.15, 0.2) is 0 Å². The zero-order valence-electron chi connectivity index (χ0n) is 9.73. The molecule has 0 aromatic heterocycles. The van der Waals surface area contributed by atoms with E-state index in [4.69, 9.17) is 46.4 Å². The van der Waals surface area contributed by atoms with E-state index < -0.39 is 11.6 Å². The van der Waals surface area contributed by atoms with E-state index in [9.17, 15) is 4.79 Å². The van der Waals surface area contributed by atoms with E-state index in [1.807, 2.05) is 0 Å². The van der Waals surface area contributed by atoms with E-state index in [1.165, 1.54) is 0 Å². The summed E-state index contributed by atoms with van der Waals surface area (Å²) in [7, 11) is 0. The number of rotatable bonds is 2. The van der Waals surface area contributed by atoms with Crippen LogP contribution in [0.5, 0.6) is 0 Å². The van der Waals surface area contributed by atoms with Gasteiger partial charge in [0.05, 0.1) is 15.3 Å². The Morgan fingerprint density at radius 2 is 1.82 bits per heavy atom. The molecule has 0 heterocycles. The van der Waals surface area contributed by atoms with Crippen molar-refractivity contribution in [3.05, 3.63) is 11.6 Å². The summed E-state index contributed by atoms with van der Waals surface area (Å²) in [5, 5.41) is 0. The molecule has 0 N–H and O–H groups in total. The number of thiocarbonyl (C=S) groups is 3. The quantitative estimate of drug-likeness (QED) is 0.442. The van der Waals surface area contributed by atoms with Gasteiger partial charge in [-0.1, -0.05) is 42.7 Å². The van der Waals surface area contributed by atoms with E-state index in [-0.39, 0.29) is 10.4 Å². The summed E-state index contributed by atoms with van der Waals surface area (Å²) < 4.78 is 0. The van der Waals surface area contributed by atoms with Crippen molar-refractivity contribution in [2.24, 2.45) is 0 Å². The van der Waals surface area contributed by atoms with Crippen molar-refractivity contribution >= 4 is 57.2 Å². The summed E-state index contributed by atoms with van der Waals surface area (Å²) in [6.07, 6.45) is 2.06. The highest BCUT2D eigenvalue weighted by molar-refractivity contribution is 7.95. The fraction of sp³-hybridized carbons (Fsp3) is 0.455. The highest BCUT2D eigenvalue weighted by atomic mass is 32.1. The van der Waals surface area contributed by atoms with Crippen molar-refractivity contribution in [3.63, 3.8) is 0 Å². The van der Waals surface area contributed by atoms with Gasteiger partial charge in [-0.3, -0.25) is 4.89 Å². The molecule has 0 unspecified atom stereocenters. The number of carbonyl (C=O) groups is 1. The predicted molar refractivity (Wildman–Crippen MR) is 77.4 cm³/mol. The molecule has 0 saturated carbocycles. The Balaban J connectivity index is 2.74. The second-order valence-electron chi connectivity index (χ2n) is 4.47. The summed E-state index contributed by atoms with van der Waals surface area (Å²) in [5.41, 5.74) is -0.315. The lowest BCUT2D eigenvalue weighted by molar-refractivity contribution is -0.317. The maximum atomic E-state index is 11.7. The van der Waals surface area contributed by atoms with Gasteiger partial charge in [-0.25, -0.2) is 4.79 Å². The maximum Gasteiger partial charge on any atom is 0.374 e. The zero-order chi connectivity index (χ0) is 13.2. The molecule has 0 fully saturated rings. The Morgan fingerprint density at radius 1 is 1.24 bits per heavy atom. The minimum absolute atomic E-state index is 0.253. The molecule has 0 radical (unpaired) electrons. The molecule has 92 valence electrons. The van der Waals surface area contributed by atoms with E-state index in [0.29, 0.717) is 16.1 Å². The minimum Gasteiger partial charge on any atom is -0.292 e. The second-order valence-corrected chi connectivity index (χ2v) is 5.78. The Morgan fingerprint density at radius 3 is 2.35 bits per heavy atom. The monoisotopic (exact) mass is 288 g/mol. The molecule has 1 aliphatic rings. The van der Waals surface area contributed by atoms with Crippen LogP contribution in [0.15, 0.2) is 11.6 Å². The van der Waals surface area contributed by atoms with Gasteiger partial charge in [0.25, 0.3) is 0 Å². The van der Waals surface area contributed by atoms with Gasteiger partial charge >= 0.3 is 5.97 Å². The fourth-order valence-corrected chi connectivity index (χ4v) is 1.75. The SMILES string of the molecule is CC(C)(C)OOC(=O)C1=CCC(=S)C(=S)C1=S. The van der Waals surface area contributed by atoms with Crippen LogP contribution in [0.4, 0.5) is 0 Å². The first-order chi connectivity index (χ1) is 7.72. The van der Waals surface area contributed by atoms with Crippen molar-refractivity contribution in [1.82, 2.24) is 0 Å². The highest BCUT2D eigenvalue weighted by Crippen LogP contribution is 2.16. The maximum absolute atomic E-state index is 11.7. The predicted octanol–water partition coefficient (Wildman–Crippen LogP) is 2.70. The molecule has 1 aliphatic carbocycles. The number of hydrogen-bond donors (Lipinski definition) is 0. The molecule has 3 nitrogen and oxygen atoms in total. The van der Waals surface area contributed by atoms with Crippen molar-refractivity contribution in [2.75, 3.05) is 0 Å². The van der Waals surface area contributed by atoms with Crippen LogP contribution in [0.25, 0.3) is 0 Å². The Kier molecular flexibility index (Phi) is 4.60. The first-order valence-electron chi connectivity index (χ1n) is 4.94. The smallest absolute Gasteiger partial charge is 0.292 e. The van der Waals surface area contributed by atoms with E-state index in [0.717, 1.165) is 0 Å². The summed E-state index contributed by atoms with van der Waals surface area (Å²) >= 11 is 15.1. The average Bonchev–Trinajstić information content (AvgIpc) is 2.22. The number of hydrogen-bond acceptors (Lipinski definition) is 6. The van der Waals surface area contributed by atoms with Crippen LogP contribution in [-0.4, -0.2) is 26.2 Å². The molecule has 1 rings (SSSR count). The van der Waals surface area contributed by atoms with Gasteiger partial charge in [0.1, 0.15) is 5.60 Å².